The van der Waals surface area contributed by atoms with Crippen molar-refractivity contribution < 1.29 is 15.0 Å². The molecule has 0 heterocycles. The maximum absolute atomic E-state index is 10.2. The summed E-state index contributed by atoms with van der Waals surface area (Å²) in [7, 11) is 0. The summed E-state index contributed by atoms with van der Waals surface area (Å²) < 4.78 is 0. The Bertz CT molecular complexity index is 212. The highest BCUT2D eigenvalue weighted by molar-refractivity contribution is 5.66. The first-order chi connectivity index (χ1) is 8.16. The van der Waals surface area contributed by atoms with Gasteiger partial charge in [-0.05, 0) is 44.9 Å². The van der Waals surface area contributed by atoms with Gasteiger partial charge in [0.15, 0.2) is 0 Å². The Kier molecular flexibility index (Phi) is 11.1. The van der Waals surface area contributed by atoms with Crippen molar-refractivity contribution >= 4 is 5.97 Å². The van der Waals surface area contributed by atoms with Crippen LogP contribution in [0.2, 0.25) is 0 Å². The Labute approximate surface area is 105 Å². The van der Waals surface area contributed by atoms with Crippen LogP contribution in [0.4, 0.5) is 0 Å². The number of aliphatic hydroxyl groups excluding tert-OH is 1. The highest BCUT2D eigenvalue weighted by Gasteiger charge is 2.00. The van der Waals surface area contributed by atoms with Crippen LogP contribution in [-0.2, 0) is 4.79 Å². The van der Waals surface area contributed by atoms with E-state index in [9.17, 15) is 9.90 Å². The number of unbranched alkanes of at least 4 members (excludes halogenated alkanes) is 3. The predicted molar refractivity (Wildman–Crippen MR) is 70.0 cm³/mol. The lowest BCUT2D eigenvalue weighted by molar-refractivity contribution is -0.137. The highest BCUT2D eigenvalue weighted by atomic mass is 16.4. The third-order valence-electron chi connectivity index (χ3n) is 2.71. The monoisotopic (exact) mass is 242 g/mol. The Morgan fingerprint density at radius 3 is 2.35 bits per heavy atom. The number of carbonyl (C=O) groups is 1. The molecule has 0 saturated heterocycles. The zero-order valence-electron chi connectivity index (χ0n) is 10.9. The number of rotatable bonds is 11. The predicted octanol–water partition coefficient (Wildman–Crippen LogP) is 3.52. The fourth-order valence-electron chi connectivity index (χ4n) is 1.72. The molecule has 2 N–H and O–H groups in total. The summed E-state index contributed by atoms with van der Waals surface area (Å²) >= 11 is 0. The molecule has 0 aliphatic heterocycles. The first-order valence-electron chi connectivity index (χ1n) is 6.71. The van der Waals surface area contributed by atoms with Crippen molar-refractivity contribution in [2.24, 2.45) is 0 Å². The molecule has 100 valence electrons. The number of aliphatic hydroxyl groups is 1. The summed E-state index contributed by atoms with van der Waals surface area (Å²) in [6.07, 6.45) is 11.9. The molecule has 17 heavy (non-hydrogen) atoms. The molecular formula is C14H26O3. The molecule has 0 aromatic rings. The van der Waals surface area contributed by atoms with Gasteiger partial charge in [0, 0.05) is 6.42 Å². The molecule has 0 rings (SSSR count). The van der Waals surface area contributed by atoms with Crippen molar-refractivity contribution in [2.45, 2.75) is 70.8 Å². The van der Waals surface area contributed by atoms with E-state index in [0.717, 1.165) is 51.4 Å². The summed E-state index contributed by atoms with van der Waals surface area (Å²) in [6, 6.07) is 0. The van der Waals surface area contributed by atoms with Crippen molar-refractivity contribution in [1.82, 2.24) is 0 Å². The second-order valence-electron chi connectivity index (χ2n) is 4.48. The molecule has 0 radical (unpaired) electrons. The first kappa shape index (κ1) is 16.2. The van der Waals surface area contributed by atoms with E-state index < -0.39 is 5.97 Å². The number of allylic oxidation sites excluding steroid dienone is 2. The molecule has 3 heteroatoms. The molecule has 0 aromatic carbocycles. The standard InChI is InChI=1S/C14H26O3/c1-2-10-13(15)11-8-6-4-3-5-7-9-12-14(16)17/h3-4,13,15H,2,5-12H2,1H3,(H,16,17)/b4-3-. The minimum atomic E-state index is -0.709. The summed E-state index contributed by atoms with van der Waals surface area (Å²) in [5.74, 6) is -0.709. The molecular weight excluding hydrogens is 216 g/mol. The maximum atomic E-state index is 10.2. The molecule has 0 aromatic heterocycles. The molecule has 0 bridgehead atoms. The number of carboxylic acids is 1. The van der Waals surface area contributed by atoms with Gasteiger partial charge in [-0.1, -0.05) is 25.5 Å². The molecule has 0 aliphatic rings. The van der Waals surface area contributed by atoms with Crippen LogP contribution in [0.25, 0.3) is 0 Å². The fourth-order valence-corrected chi connectivity index (χ4v) is 1.72. The van der Waals surface area contributed by atoms with Gasteiger partial charge in [0.05, 0.1) is 6.10 Å². The normalized spacial score (nSPS) is 13.1. The van der Waals surface area contributed by atoms with E-state index in [2.05, 4.69) is 19.1 Å². The molecule has 1 unspecified atom stereocenters. The van der Waals surface area contributed by atoms with Crippen LogP contribution in [0.15, 0.2) is 12.2 Å². The quantitative estimate of drug-likeness (QED) is 0.430. The van der Waals surface area contributed by atoms with Gasteiger partial charge in [-0.15, -0.1) is 0 Å². The summed E-state index contributed by atoms with van der Waals surface area (Å²) in [5, 5.41) is 17.9. The zero-order valence-corrected chi connectivity index (χ0v) is 10.9. The van der Waals surface area contributed by atoms with Gasteiger partial charge in [-0.2, -0.15) is 0 Å². The van der Waals surface area contributed by atoms with Crippen LogP contribution in [0, 0.1) is 0 Å². The van der Waals surface area contributed by atoms with Gasteiger partial charge in [0.2, 0.25) is 0 Å². The van der Waals surface area contributed by atoms with E-state index in [0.29, 0.717) is 0 Å². The third-order valence-corrected chi connectivity index (χ3v) is 2.71. The van der Waals surface area contributed by atoms with Crippen LogP contribution in [-0.4, -0.2) is 22.3 Å². The van der Waals surface area contributed by atoms with Crippen molar-refractivity contribution in [3.63, 3.8) is 0 Å². The van der Waals surface area contributed by atoms with Crippen LogP contribution in [0.3, 0.4) is 0 Å². The molecule has 1 atom stereocenters. The minimum Gasteiger partial charge on any atom is -0.481 e. The van der Waals surface area contributed by atoms with Crippen molar-refractivity contribution in [1.29, 1.82) is 0 Å². The Morgan fingerprint density at radius 2 is 1.76 bits per heavy atom. The first-order valence-corrected chi connectivity index (χ1v) is 6.71. The molecule has 0 saturated carbocycles. The van der Waals surface area contributed by atoms with E-state index >= 15 is 0 Å². The molecule has 0 aliphatic carbocycles. The van der Waals surface area contributed by atoms with E-state index in [4.69, 9.17) is 5.11 Å². The van der Waals surface area contributed by atoms with E-state index in [1.807, 2.05) is 0 Å². The Morgan fingerprint density at radius 1 is 1.12 bits per heavy atom. The largest absolute Gasteiger partial charge is 0.481 e. The second kappa shape index (κ2) is 11.6. The number of aliphatic carboxylic acids is 1. The summed E-state index contributed by atoms with van der Waals surface area (Å²) in [4.78, 5) is 10.2. The van der Waals surface area contributed by atoms with Crippen LogP contribution < -0.4 is 0 Å². The van der Waals surface area contributed by atoms with Gasteiger partial charge < -0.3 is 10.2 Å². The molecule has 0 amide bonds. The lowest BCUT2D eigenvalue weighted by Gasteiger charge is -2.06. The molecule has 0 spiro atoms. The Hall–Kier alpha value is -0.830. The van der Waals surface area contributed by atoms with Crippen LogP contribution in [0.1, 0.15) is 64.7 Å². The minimum absolute atomic E-state index is 0.135. The van der Waals surface area contributed by atoms with E-state index in [-0.39, 0.29) is 12.5 Å². The number of hydrogen-bond donors (Lipinski definition) is 2. The topological polar surface area (TPSA) is 57.5 Å². The van der Waals surface area contributed by atoms with Crippen molar-refractivity contribution in [3.8, 4) is 0 Å². The number of carboxylic acid groups (broad SMARTS) is 1. The summed E-state index contributed by atoms with van der Waals surface area (Å²) in [6.45, 7) is 2.08. The second-order valence-corrected chi connectivity index (χ2v) is 4.48. The maximum Gasteiger partial charge on any atom is 0.303 e. The van der Waals surface area contributed by atoms with Gasteiger partial charge in [0.25, 0.3) is 0 Å². The third kappa shape index (κ3) is 13.1. The van der Waals surface area contributed by atoms with Gasteiger partial charge in [-0.25, -0.2) is 0 Å². The Balaban J connectivity index is 3.22. The van der Waals surface area contributed by atoms with Gasteiger partial charge >= 0.3 is 5.97 Å². The van der Waals surface area contributed by atoms with Crippen LogP contribution in [0.5, 0.6) is 0 Å². The molecule has 3 nitrogen and oxygen atoms in total. The lowest BCUT2D eigenvalue weighted by atomic mass is 10.1. The lowest BCUT2D eigenvalue weighted by Crippen LogP contribution is -2.04. The van der Waals surface area contributed by atoms with E-state index in [1.165, 1.54) is 0 Å². The highest BCUT2D eigenvalue weighted by Crippen LogP contribution is 2.07. The van der Waals surface area contributed by atoms with Gasteiger partial charge in [0.1, 0.15) is 0 Å². The van der Waals surface area contributed by atoms with Crippen molar-refractivity contribution in [2.75, 3.05) is 0 Å². The van der Waals surface area contributed by atoms with Crippen LogP contribution >= 0.6 is 0 Å². The van der Waals surface area contributed by atoms with E-state index in [1.54, 1.807) is 0 Å². The number of hydrogen-bond acceptors (Lipinski definition) is 2. The average Bonchev–Trinajstić information content (AvgIpc) is 2.27. The fraction of sp³-hybridized carbons (Fsp3) is 0.786. The zero-order chi connectivity index (χ0) is 12.9. The van der Waals surface area contributed by atoms with Crippen molar-refractivity contribution in [3.05, 3.63) is 12.2 Å². The summed E-state index contributed by atoms with van der Waals surface area (Å²) in [5.41, 5.74) is 0. The smallest absolute Gasteiger partial charge is 0.303 e. The van der Waals surface area contributed by atoms with Gasteiger partial charge in [-0.3, -0.25) is 4.79 Å². The SMILES string of the molecule is CCCC(O)CCC/C=C\CCCCC(=O)O. The average molecular weight is 242 g/mol. The molecule has 0 fully saturated rings.